The van der Waals surface area contributed by atoms with Crippen molar-refractivity contribution in [3.8, 4) is 0 Å². The zero-order chi connectivity index (χ0) is 16.8. The number of likely N-dealkylation sites (tertiary alicyclic amines) is 1. The molecule has 0 spiro atoms. The van der Waals surface area contributed by atoms with Gasteiger partial charge in [0.1, 0.15) is 18.7 Å². The lowest BCUT2D eigenvalue weighted by Crippen LogP contribution is -2.40. The maximum Gasteiger partial charge on any atom is 0.194 e. The highest BCUT2D eigenvalue weighted by atomic mass is 15.3. The van der Waals surface area contributed by atoms with Gasteiger partial charge in [-0.1, -0.05) is 30.3 Å². The molecule has 128 valence electrons. The van der Waals surface area contributed by atoms with Crippen molar-refractivity contribution < 1.29 is 0 Å². The van der Waals surface area contributed by atoms with Gasteiger partial charge in [-0.25, -0.2) is 9.98 Å². The Labute approximate surface area is 143 Å². The van der Waals surface area contributed by atoms with Crippen molar-refractivity contribution in [3.63, 3.8) is 0 Å². The minimum atomic E-state index is 0.554. The number of aromatic nitrogens is 3. The molecule has 0 amide bonds. The number of guanidine groups is 1. The molecule has 1 atom stereocenters. The van der Waals surface area contributed by atoms with Crippen molar-refractivity contribution in [3.05, 3.63) is 48.0 Å². The normalized spacial score (nSPS) is 18.2. The first-order chi connectivity index (χ1) is 11.8. The number of benzene rings is 1. The van der Waals surface area contributed by atoms with Gasteiger partial charge < -0.3 is 10.2 Å². The number of rotatable bonds is 5. The standard InChI is InChI=1S/C18H26N6/c1-3-19-18(20-12-17-21-14-22-23(17)2)24-10-9-16(13-24)11-15-7-5-4-6-8-15/h4-8,14,16H,3,9-13H2,1-2H3,(H,19,20). The first-order valence-electron chi connectivity index (χ1n) is 8.66. The summed E-state index contributed by atoms with van der Waals surface area (Å²) >= 11 is 0. The highest BCUT2D eigenvalue weighted by molar-refractivity contribution is 5.80. The summed E-state index contributed by atoms with van der Waals surface area (Å²) in [6.07, 6.45) is 3.92. The Morgan fingerprint density at radius 2 is 2.17 bits per heavy atom. The quantitative estimate of drug-likeness (QED) is 0.673. The highest BCUT2D eigenvalue weighted by Gasteiger charge is 2.25. The lowest BCUT2D eigenvalue weighted by Gasteiger charge is -2.21. The van der Waals surface area contributed by atoms with E-state index in [9.17, 15) is 0 Å². The van der Waals surface area contributed by atoms with Crippen LogP contribution < -0.4 is 5.32 Å². The molecule has 0 aliphatic carbocycles. The topological polar surface area (TPSA) is 58.3 Å². The first kappa shape index (κ1) is 16.5. The molecule has 3 rings (SSSR count). The van der Waals surface area contributed by atoms with E-state index in [1.54, 1.807) is 11.0 Å². The van der Waals surface area contributed by atoms with Gasteiger partial charge in [-0.05, 0) is 31.2 Å². The molecule has 1 fully saturated rings. The third kappa shape index (κ3) is 4.13. The van der Waals surface area contributed by atoms with Crippen LogP contribution in [0.1, 0.15) is 24.7 Å². The Morgan fingerprint density at radius 3 is 2.88 bits per heavy atom. The van der Waals surface area contributed by atoms with E-state index < -0.39 is 0 Å². The number of nitrogens with one attached hydrogen (secondary N) is 1. The summed E-state index contributed by atoms with van der Waals surface area (Å²) in [6.45, 7) is 5.65. The molecule has 1 unspecified atom stereocenters. The predicted octanol–water partition coefficient (Wildman–Crippen LogP) is 1.85. The molecule has 0 saturated carbocycles. The summed E-state index contributed by atoms with van der Waals surface area (Å²) in [4.78, 5) is 11.4. The van der Waals surface area contributed by atoms with Gasteiger partial charge in [-0.2, -0.15) is 5.10 Å². The van der Waals surface area contributed by atoms with Gasteiger partial charge in [0, 0.05) is 26.7 Å². The van der Waals surface area contributed by atoms with Crippen molar-refractivity contribution in [2.24, 2.45) is 18.0 Å². The fourth-order valence-corrected chi connectivity index (χ4v) is 3.17. The van der Waals surface area contributed by atoms with E-state index in [0.717, 1.165) is 37.8 Å². The predicted molar refractivity (Wildman–Crippen MR) is 95.6 cm³/mol. The zero-order valence-electron chi connectivity index (χ0n) is 14.5. The molecule has 1 aromatic carbocycles. The minimum absolute atomic E-state index is 0.554. The summed E-state index contributed by atoms with van der Waals surface area (Å²) in [5.41, 5.74) is 1.42. The van der Waals surface area contributed by atoms with E-state index in [2.05, 4.69) is 57.6 Å². The Morgan fingerprint density at radius 1 is 1.33 bits per heavy atom. The average molecular weight is 326 g/mol. The van der Waals surface area contributed by atoms with Gasteiger partial charge in [0.2, 0.25) is 0 Å². The van der Waals surface area contributed by atoms with Gasteiger partial charge in [-0.3, -0.25) is 4.68 Å². The smallest absolute Gasteiger partial charge is 0.194 e. The van der Waals surface area contributed by atoms with E-state index >= 15 is 0 Å². The largest absolute Gasteiger partial charge is 0.357 e. The van der Waals surface area contributed by atoms with Crippen LogP contribution >= 0.6 is 0 Å². The first-order valence-corrected chi connectivity index (χ1v) is 8.66. The summed E-state index contributed by atoms with van der Waals surface area (Å²) in [6, 6.07) is 10.8. The summed E-state index contributed by atoms with van der Waals surface area (Å²) < 4.78 is 1.77. The van der Waals surface area contributed by atoms with Crippen LogP contribution in [0, 0.1) is 5.92 Å². The van der Waals surface area contributed by atoms with Crippen LogP contribution in [0.3, 0.4) is 0 Å². The molecule has 1 aliphatic heterocycles. The molecule has 6 heteroatoms. The van der Waals surface area contributed by atoms with Gasteiger partial charge in [0.05, 0.1) is 0 Å². The van der Waals surface area contributed by atoms with E-state index in [4.69, 9.17) is 4.99 Å². The third-order valence-electron chi connectivity index (χ3n) is 4.46. The van der Waals surface area contributed by atoms with Crippen molar-refractivity contribution in [1.82, 2.24) is 25.0 Å². The van der Waals surface area contributed by atoms with Crippen LogP contribution in [0.4, 0.5) is 0 Å². The van der Waals surface area contributed by atoms with Crippen molar-refractivity contribution >= 4 is 5.96 Å². The number of aliphatic imine (C=N–C) groups is 1. The third-order valence-corrected chi connectivity index (χ3v) is 4.46. The molecule has 2 heterocycles. The van der Waals surface area contributed by atoms with Crippen LogP contribution in [0.5, 0.6) is 0 Å². The monoisotopic (exact) mass is 326 g/mol. The molecule has 1 saturated heterocycles. The summed E-state index contributed by atoms with van der Waals surface area (Å²) in [5.74, 6) is 2.55. The Kier molecular flexibility index (Phi) is 5.46. The van der Waals surface area contributed by atoms with Crippen LogP contribution in [0.2, 0.25) is 0 Å². The molecule has 0 bridgehead atoms. The van der Waals surface area contributed by atoms with E-state index in [0.29, 0.717) is 12.5 Å². The molecular formula is C18H26N6. The SMILES string of the molecule is CCNC(=NCc1ncnn1C)N1CCC(Cc2ccccc2)C1. The number of nitrogens with zero attached hydrogens (tertiary/aromatic N) is 5. The number of aryl methyl sites for hydroxylation is 1. The molecule has 6 nitrogen and oxygen atoms in total. The lowest BCUT2D eigenvalue weighted by atomic mass is 9.99. The molecular weight excluding hydrogens is 300 g/mol. The Hall–Kier alpha value is -2.37. The Bertz CT molecular complexity index is 663. The lowest BCUT2D eigenvalue weighted by molar-refractivity contribution is 0.459. The van der Waals surface area contributed by atoms with E-state index in [-0.39, 0.29) is 0 Å². The van der Waals surface area contributed by atoms with Crippen LogP contribution in [0.25, 0.3) is 0 Å². The minimum Gasteiger partial charge on any atom is -0.357 e. The molecule has 1 aliphatic rings. The second-order valence-electron chi connectivity index (χ2n) is 6.26. The van der Waals surface area contributed by atoms with Crippen molar-refractivity contribution in [2.75, 3.05) is 19.6 Å². The number of hydrogen-bond acceptors (Lipinski definition) is 3. The highest BCUT2D eigenvalue weighted by Crippen LogP contribution is 2.21. The van der Waals surface area contributed by atoms with Gasteiger partial charge in [0.15, 0.2) is 5.96 Å². The van der Waals surface area contributed by atoms with E-state index in [1.165, 1.54) is 12.0 Å². The van der Waals surface area contributed by atoms with Crippen molar-refractivity contribution in [2.45, 2.75) is 26.3 Å². The van der Waals surface area contributed by atoms with Crippen LogP contribution in [0.15, 0.2) is 41.7 Å². The second kappa shape index (κ2) is 7.95. The summed E-state index contributed by atoms with van der Waals surface area (Å²) in [5, 5.41) is 7.51. The van der Waals surface area contributed by atoms with E-state index in [1.807, 2.05) is 7.05 Å². The zero-order valence-corrected chi connectivity index (χ0v) is 14.5. The average Bonchev–Trinajstić information content (AvgIpc) is 3.22. The second-order valence-corrected chi connectivity index (χ2v) is 6.26. The van der Waals surface area contributed by atoms with Crippen LogP contribution in [-0.2, 0) is 20.0 Å². The molecule has 1 N–H and O–H groups in total. The maximum absolute atomic E-state index is 4.75. The molecule has 24 heavy (non-hydrogen) atoms. The molecule has 1 aromatic heterocycles. The van der Waals surface area contributed by atoms with Gasteiger partial charge >= 0.3 is 0 Å². The molecule has 0 radical (unpaired) electrons. The van der Waals surface area contributed by atoms with Crippen LogP contribution in [-0.4, -0.2) is 45.3 Å². The van der Waals surface area contributed by atoms with Crippen molar-refractivity contribution in [1.29, 1.82) is 0 Å². The van der Waals surface area contributed by atoms with Gasteiger partial charge in [0.25, 0.3) is 0 Å². The maximum atomic E-state index is 4.75. The molecule has 2 aromatic rings. The fraction of sp³-hybridized carbons (Fsp3) is 0.500. The fourth-order valence-electron chi connectivity index (χ4n) is 3.17. The van der Waals surface area contributed by atoms with Gasteiger partial charge in [-0.15, -0.1) is 0 Å². The number of hydrogen-bond donors (Lipinski definition) is 1. The summed E-state index contributed by atoms with van der Waals surface area (Å²) in [7, 11) is 1.90. The Balaban J connectivity index is 1.61.